The van der Waals surface area contributed by atoms with Crippen molar-refractivity contribution in [3.05, 3.63) is 0 Å². The van der Waals surface area contributed by atoms with Crippen LogP contribution in [0.25, 0.3) is 0 Å². The lowest BCUT2D eigenvalue weighted by Gasteiger charge is -2.56. The fourth-order valence-electron chi connectivity index (χ4n) is 5.22. The van der Waals surface area contributed by atoms with E-state index in [1.165, 1.54) is 57.8 Å². The van der Waals surface area contributed by atoms with E-state index in [1.807, 2.05) is 0 Å². The smallest absolute Gasteiger partial charge is 0.0225 e. The topological polar surface area (TPSA) is 0 Å². The van der Waals surface area contributed by atoms with Crippen LogP contribution in [0.1, 0.15) is 92.4 Å². The molecule has 0 saturated heterocycles. The molecule has 0 bridgehead atoms. The van der Waals surface area contributed by atoms with E-state index in [9.17, 15) is 0 Å². The quantitative estimate of drug-likeness (QED) is 0.520. The summed E-state index contributed by atoms with van der Waals surface area (Å²) >= 11 is 0. The highest BCUT2D eigenvalue weighted by Gasteiger charge is 2.49. The Kier molecular flexibility index (Phi) is 3.87. The maximum atomic E-state index is 2.48. The summed E-state index contributed by atoms with van der Waals surface area (Å²) in [7, 11) is 0. The van der Waals surface area contributed by atoms with Crippen LogP contribution in [-0.4, -0.2) is 0 Å². The summed E-state index contributed by atoms with van der Waals surface area (Å²) in [5.41, 5.74) is 1.83. The zero-order valence-corrected chi connectivity index (χ0v) is 13.4. The van der Waals surface area contributed by atoms with Crippen molar-refractivity contribution in [3.63, 3.8) is 0 Å². The van der Waals surface area contributed by atoms with Crippen LogP contribution < -0.4 is 0 Å². The molecule has 2 aliphatic rings. The van der Waals surface area contributed by atoms with Crippen molar-refractivity contribution < 1.29 is 0 Å². The molecule has 0 atom stereocenters. The van der Waals surface area contributed by atoms with Gasteiger partial charge in [-0.1, -0.05) is 53.9 Å². The molecule has 18 heavy (non-hydrogen) atoms. The Balaban J connectivity index is 2.11. The monoisotopic (exact) mass is 250 g/mol. The maximum absolute atomic E-state index is 2.48. The zero-order valence-electron chi connectivity index (χ0n) is 13.4. The normalized spacial score (nSPS) is 27.7. The SMILES string of the molecule is CC(C)C1(C(C)(C)C)CCC2(CCCCC2)CC1. The molecule has 2 aliphatic carbocycles. The van der Waals surface area contributed by atoms with Crippen LogP contribution in [0.5, 0.6) is 0 Å². The van der Waals surface area contributed by atoms with Crippen molar-refractivity contribution >= 4 is 0 Å². The summed E-state index contributed by atoms with van der Waals surface area (Å²) in [5.74, 6) is 0.832. The summed E-state index contributed by atoms with van der Waals surface area (Å²) in [6.07, 6.45) is 13.6. The van der Waals surface area contributed by atoms with E-state index in [-0.39, 0.29) is 0 Å². The lowest BCUT2D eigenvalue weighted by atomic mass is 9.49. The molecule has 0 aromatic rings. The van der Waals surface area contributed by atoms with Crippen LogP contribution in [0.15, 0.2) is 0 Å². The van der Waals surface area contributed by atoms with Crippen molar-refractivity contribution in [2.75, 3.05) is 0 Å². The van der Waals surface area contributed by atoms with Gasteiger partial charge < -0.3 is 0 Å². The largest absolute Gasteiger partial charge is 0.0622 e. The third-order valence-electron chi connectivity index (χ3n) is 6.72. The Hall–Kier alpha value is 0. The molecular formula is C18H34. The molecule has 2 saturated carbocycles. The van der Waals surface area contributed by atoms with Crippen molar-refractivity contribution in [2.24, 2.45) is 22.2 Å². The summed E-state index contributed by atoms with van der Waals surface area (Å²) in [4.78, 5) is 0. The first kappa shape index (κ1) is 14.4. The van der Waals surface area contributed by atoms with E-state index >= 15 is 0 Å². The predicted molar refractivity (Wildman–Crippen MR) is 80.7 cm³/mol. The Morgan fingerprint density at radius 2 is 1.22 bits per heavy atom. The molecule has 0 aromatic carbocycles. The molecule has 0 nitrogen and oxygen atoms in total. The van der Waals surface area contributed by atoms with E-state index in [0.717, 1.165) is 11.3 Å². The van der Waals surface area contributed by atoms with Gasteiger partial charge in [-0.2, -0.15) is 0 Å². The second-order valence-corrected chi connectivity index (χ2v) is 8.62. The molecule has 0 amide bonds. The molecule has 0 heterocycles. The minimum absolute atomic E-state index is 0.470. The molecule has 106 valence electrons. The van der Waals surface area contributed by atoms with Gasteiger partial charge in [-0.25, -0.2) is 0 Å². The Bertz CT molecular complexity index is 263. The van der Waals surface area contributed by atoms with Gasteiger partial charge in [-0.05, 0) is 60.7 Å². The summed E-state index contributed by atoms with van der Waals surface area (Å²) < 4.78 is 0. The molecular weight excluding hydrogens is 216 g/mol. The second-order valence-electron chi connectivity index (χ2n) is 8.62. The fourth-order valence-corrected chi connectivity index (χ4v) is 5.22. The standard InChI is InChI=1S/C18H34/c1-15(2)18(16(3,4)5)13-11-17(12-14-18)9-7-6-8-10-17/h15H,6-14H2,1-5H3. The number of rotatable bonds is 1. The number of hydrogen-bond donors (Lipinski definition) is 0. The molecule has 0 aromatic heterocycles. The van der Waals surface area contributed by atoms with Crippen LogP contribution in [0.3, 0.4) is 0 Å². The highest BCUT2D eigenvalue weighted by atomic mass is 14.5. The van der Waals surface area contributed by atoms with Crippen LogP contribution in [0.4, 0.5) is 0 Å². The lowest BCUT2D eigenvalue weighted by molar-refractivity contribution is -0.0565. The van der Waals surface area contributed by atoms with Gasteiger partial charge in [-0.3, -0.25) is 0 Å². The summed E-state index contributed by atoms with van der Waals surface area (Å²) in [6, 6.07) is 0. The zero-order chi connectivity index (χ0) is 13.4. The third-order valence-corrected chi connectivity index (χ3v) is 6.72. The van der Waals surface area contributed by atoms with E-state index < -0.39 is 0 Å². The molecule has 2 fully saturated rings. The van der Waals surface area contributed by atoms with Gasteiger partial charge in [-0.15, -0.1) is 0 Å². The third kappa shape index (κ3) is 2.37. The average Bonchev–Trinajstić information content (AvgIpc) is 2.29. The predicted octanol–water partition coefficient (Wildman–Crippen LogP) is 6.20. The summed E-state index contributed by atoms with van der Waals surface area (Å²) in [5, 5.41) is 0. The Labute approximate surface area is 115 Å². The van der Waals surface area contributed by atoms with Crippen LogP contribution in [0.2, 0.25) is 0 Å². The Morgan fingerprint density at radius 1 is 0.722 bits per heavy atom. The van der Waals surface area contributed by atoms with Crippen molar-refractivity contribution in [2.45, 2.75) is 92.4 Å². The first-order chi connectivity index (χ1) is 8.31. The van der Waals surface area contributed by atoms with E-state index in [4.69, 9.17) is 0 Å². The minimum atomic E-state index is 0.470. The van der Waals surface area contributed by atoms with E-state index in [1.54, 1.807) is 0 Å². The first-order valence-electron chi connectivity index (χ1n) is 8.31. The Morgan fingerprint density at radius 3 is 1.61 bits per heavy atom. The molecule has 0 N–H and O–H groups in total. The molecule has 1 spiro atoms. The molecule has 0 unspecified atom stereocenters. The van der Waals surface area contributed by atoms with Gasteiger partial charge in [0.05, 0.1) is 0 Å². The van der Waals surface area contributed by atoms with E-state index in [0.29, 0.717) is 10.8 Å². The first-order valence-corrected chi connectivity index (χ1v) is 8.31. The van der Waals surface area contributed by atoms with Crippen LogP contribution >= 0.6 is 0 Å². The highest BCUT2D eigenvalue weighted by molar-refractivity contribution is 5.00. The van der Waals surface area contributed by atoms with Gasteiger partial charge in [0.2, 0.25) is 0 Å². The van der Waals surface area contributed by atoms with Crippen molar-refractivity contribution in [1.82, 2.24) is 0 Å². The van der Waals surface area contributed by atoms with Gasteiger partial charge >= 0.3 is 0 Å². The second kappa shape index (κ2) is 4.84. The maximum Gasteiger partial charge on any atom is -0.0225 e. The van der Waals surface area contributed by atoms with Gasteiger partial charge in [0.25, 0.3) is 0 Å². The van der Waals surface area contributed by atoms with Crippen LogP contribution in [-0.2, 0) is 0 Å². The summed E-state index contributed by atoms with van der Waals surface area (Å²) in [6.45, 7) is 12.4. The van der Waals surface area contributed by atoms with E-state index in [2.05, 4.69) is 34.6 Å². The lowest BCUT2D eigenvalue weighted by Crippen LogP contribution is -2.46. The van der Waals surface area contributed by atoms with Crippen molar-refractivity contribution in [1.29, 1.82) is 0 Å². The highest BCUT2D eigenvalue weighted by Crippen LogP contribution is 2.60. The van der Waals surface area contributed by atoms with Crippen molar-refractivity contribution in [3.8, 4) is 0 Å². The molecule has 2 rings (SSSR count). The number of hydrogen-bond acceptors (Lipinski definition) is 0. The molecule has 0 aliphatic heterocycles. The van der Waals surface area contributed by atoms with Gasteiger partial charge in [0, 0.05) is 0 Å². The minimum Gasteiger partial charge on any atom is -0.0622 e. The van der Waals surface area contributed by atoms with Crippen LogP contribution in [0, 0.1) is 22.2 Å². The average molecular weight is 250 g/mol. The van der Waals surface area contributed by atoms with Gasteiger partial charge in [0.15, 0.2) is 0 Å². The molecule has 0 heteroatoms. The van der Waals surface area contributed by atoms with Gasteiger partial charge in [0.1, 0.15) is 0 Å². The fraction of sp³-hybridized carbons (Fsp3) is 1.00. The molecule has 0 radical (unpaired) electrons.